The lowest BCUT2D eigenvalue weighted by Crippen LogP contribution is -2.37. The van der Waals surface area contributed by atoms with Crippen molar-refractivity contribution in [2.75, 3.05) is 7.11 Å². The Balaban J connectivity index is 1.61. The first kappa shape index (κ1) is 25.2. The average molecular weight is 549 g/mol. The van der Waals surface area contributed by atoms with Crippen LogP contribution in [0.25, 0.3) is 0 Å². The summed E-state index contributed by atoms with van der Waals surface area (Å²) in [5.41, 5.74) is 3.80. The molecule has 0 saturated carbocycles. The van der Waals surface area contributed by atoms with Crippen LogP contribution in [0.2, 0.25) is 5.02 Å². The van der Waals surface area contributed by atoms with Crippen LogP contribution in [0.3, 0.4) is 0 Å². The quantitative estimate of drug-likeness (QED) is 0.245. The van der Waals surface area contributed by atoms with Gasteiger partial charge in [-0.1, -0.05) is 48.0 Å². The molecule has 176 valence electrons. The van der Waals surface area contributed by atoms with Gasteiger partial charge in [0, 0.05) is 12.1 Å². The number of halogens is 3. The molecule has 34 heavy (non-hydrogen) atoms. The molecule has 10 heteroatoms. The Morgan fingerprint density at radius 3 is 2.59 bits per heavy atom. The van der Waals surface area contributed by atoms with Gasteiger partial charge in [0.15, 0.2) is 11.5 Å². The maximum absolute atomic E-state index is 14.0. The number of benzene rings is 3. The SMILES string of the molecule is COc1cc(/C=N\NC(=O)C(=O)NCc2ccccc2)cc(Br)c1OCc1c(F)cccc1Cl. The van der Waals surface area contributed by atoms with E-state index in [1.54, 1.807) is 18.2 Å². The van der Waals surface area contributed by atoms with E-state index in [1.165, 1.54) is 25.5 Å². The standard InChI is InChI=1S/C24H20BrClFN3O4/c1-33-21-11-16(10-18(25)22(21)34-14-17-19(26)8-5-9-20(17)27)13-29-30-24(32)23(31)28-12-15-6-3-2-4-7-15/h2-11,13H,12,14H2,1H3,(H,28,31)(H,30,32)/b29-13-. The van der Waals surface area contributed by atoms with Crippen molar-refractivity contribution in [3.63, 3.8) is 0 Å². The predicted octanol–water partition coefficient (Wildman–Crippen LogP) is 4.60. The van der Waals surface area contributed by atoms with Gasteiger partial charge >= 0.3 is 11.8 Å². The lowest BCUT2D eigenvalue weighted by molar-refractivity contribution is -0.139. The van der Waals surface area contributed by atoms with Crippen LogP contribution < -0.4 is 20.2 Å². The highest BCUT2D eigenvalue weighted by Gasteiger charge is 2.15. The second kappa shape index (κ2) is 12.2. The smallest absolute Gasteiger partial charge is 0.329 e. The summed E-state index contributed by atoms with van der Waals surface area (Å²) in [6.45, 7) is 0.114. The highest BCUT2D eigenvalue weighted by atomic mass is 79.9. The Bertz CT molecular complexity index is 1190. The van der Waals surface area contributed by atoms with Gasteiger partial charge in [-0.3, -0.25) is 9.59 Å². The summed E-state index contributed by atoms with van der Waals surface area (Å²) < 4.78 is 25.6. The number of rotatable bonds is 8. The van der Waals surface area contributed by atoms with Crippen molar-refractivity contribution in [1.29, 1.82) is 0 Å². The van der Waals surface area contributed by atoms with Gasteiger partial charge in [0.05, 0.1) is 22.8 Å². The Morgan fingerprint density at radius 2 is 1.88 bits per heavy atom. The van der Waals surface area contributed by atoms with E-state index in [2.05, 4.69) is 31.8 Å². The summed E-state index contributed by atoms with van der Waals surface area (Å²) in [7, 11) is 1.45. The molecule has 0 aliphatic heterocycles. The van der Waals surface area contributed by atoms with Gasteiger partial charge in [-0.05, 0) is 51.3 Å². The number of hydrogen-bond donors (Lipinski definition) is 2. The fourth-order valence-electron chi connectivity index (χ4n) is 2.84. The van der Waals surface area contributed by atoms with Crippen molar-refractivity contribution in [2.45, 2.75) is 13.2 Å². The fraction of sp³-hybridized carbons (Fsp3) is 0.125. The number of nitrogens with zero attached hydrogens (tertiary/aromatic N) is 1. The summed E-state index contributed by atoms with van der Waals surface area (Å²) in [5.74, 6) is -1.51. The molecule has 0 aliphatic rings. The summed E-state index contributed by atoms with van der Waals surface area (Å²) in [5, 5.41) is 6.58. The normalized spacial score (nSPS) is 10.7. The molecular weight excluding hydrogens is 529 g/mol. The molecule has 3 aromatic rings. The number of methoxy groups -OCH3 is 1. The highest BCUT2D eigenvalue weighted by Crippen LogP contribution is 2.37. The molecule has 3 rings (SSSR count). The van der Waals surface area contributed by atoms with Crippen molar-refractivity contribution in [3.8, 4) is 11.5 Å². The van der Waals surface area contributed by atoms with Gasteiger partial charge in [0.1, 0.15) is 12.4 Å². The van der Waals surface area contributed by atoms with Crippen LogP contribution in [0.4, 0.5) is 4.39 Å². The summed E-state index contributed by atoms with van der Waals surface area (Å²) in [6.07, 6.45) is 1.34. The highest BCUT2D eigenvalue weighted by molar-refractivity contribution is 9.10. The van der Waals surface area contributed by atoms with Crippen molar-refractivity contribution in [2.24, 2.45) is 5.10 Å². The summed E-state index contributed by atoms with van der Waals surface area (Å²) in [6, 6.07) is 16.8. The fourth-order valence-corrected chi connectivity index (χ4v) is 3.64. The van der Waals surface area contributed by atoms with Crippen LogP contribution >= 0.6 is 27.5 Å². The van der Waals surface area contributed by atoms with E-state index >= 15 is 0 Å². The molecule has 7 nitrogen and oxygen atoms in total. The van der Waals surface area contributed by atoms with E-state index in [1.807, 2.05) is 30.3 Å². The number of amides is 2. The van der Waals surface area contributed by atoms with Crippen molar-refractivity contribution >= 4 is 45.6 Å². The van der Waals surface area contributed by atoms with E-state index in [0.717, 1.165) is 5.56 Å². The van der Waals surface area contributed by atoms with E-state index in [4.69, 9.17) is 21.1 Å². The Hall–Kier alpha value is -3.43. The number of hydrogen-bond acceptors (Lipinski definition) is 5. The van der Waals surface area contributed by atoms with Gasteiger partial charge in [-0.25, -0.2) is 9.82 Å². The van der Waals surface area contributed by atoms with Gasteiger partial charge < -0.3 is 14.8 Å². The average Bonchev–Trinajstić information content (AvgIpc) is 2.83. The summed E-state index contributed by atoms with van der Waals surface area (Å²) >= 11 is 9.44. The first-order chi connectivity index (χ1) is 16.4. The van der Waals surface area contributed by atoms with E-state index in [9.17, 15) is 14.0 Å². The van der Waals surface area contributed by atoms with Crippen molar-refractivity contribution in [3.05, 3.63) is 92.7 Å². The maximum Gasteiger partial charge on any atom is 0.329 e. The second-order valence-corrected chi connectivity index (χ2v) is 8.15. The minimum Gasteiger partial charge on any atom is -0.493 e. The monoisotopic (exact) mass is 547 g/mol. The van der Waals surface area contributed by atoms with Crippen LogP contribution in [0.1, 0.15) is 16.7 Å². The third kappa shape index (κ3) is 6.79. The lowest BCUT2D eigenvalue weighted by atomic mass is 10.2. The maximum atomic E-state index is 14.0. The molecular formula is C24H20BrClFN3O4. The predicted molar refractivity (Wildman–Crippen MR) is 130 cm³/mol. The Morgan fingerprint density at radius 1 is 1.12 bits per heavy atom. The second-order valence-electron chi connectivity index (χ2n) is 6.89. The minimum atomic E-state index is -0.903. The first-order valence-corrected chi connectivity index (χ1v) is 11.1. The van der Waals surface area contributed by atoms with Crippen LogP contribution in [0.15, 0.2) is 70.2 Å². The van der Waals surface area contributed by atoms with Gasteiger partial charge in [-0.2, -0.15) is 5.10 Å². The molecule has 0 radical (unpaired) electrons. The van der Waals surface area contributed by atoms with Gasteiger partial charge in [0.25, 0.3) is 0 Å². The Kier molecular flexibility index (Phi) is 9.00. The van der Waals surface area contributed by atoms with Crippen LogP contribution in [0, 0.1) is 5.82 Å². The molecule has 0 heterocycles. The minimum absolute atomic E-state index is 0.109. The zero-order valence-corrected chi connectivity index (χ0v) is 20.3. The number of carbonyl (C=O) groups is 2. The zero-order valence-electron chi connectivity index (χ0n) is 18.0. The molecule has 0 spiro atoms. The number of ether oxygens (including phenoxy) is 2. The zero-order chi connectivity index (χ0) is 24.5. The molecule has 0 unspecified atom stereocenters. The molecule has 0 bridgehead atoms. The Labute approximate surface area is 209 Å². The van der Waals surface area contributed by atoms with Crippen LogP contribution in [-0.2, 0) is 22.7 Å². The molecule has 0 atom stereocenters. The van der Waals surface area contributed by atoms with E-state index in [-0.39, 0.29) is 23.7 Å². The molecule has 0 aromatic heterocycles. The molecule has 0 aliphatic carbocycles. The number of hydrazone groups is 1. The lowest BCUT2D eigenvalue weighted by Gasteiger charge is -2.14. The van der Waals surface area contributed by atoms with E-state index in [0.29, 0.717) is 21.5 Å². The van der Waals surface area contributed by atoms with Crippen LogP contribution in [0.5, 0.6) is 11.5 Å². The molecule has 2 N–H and O–H groups in total. The largest absolute Gasteiger partial charge is 0.493 e. The first-order valence-electron chi connectivity index (χ1n) is 9.97. The molecule has 2 amide bonds. The van der Waals surface area contributed by atoms with Gasteiger partial charge in [-0.15, -0.1) is 0 Å². The van der Waals surface area contributed by atoms with Crippen LogP contribution in [-0.4, -0.2) is 25.1 Å². The van der Waals surface area contributed by atoms with Gasteiger partial charge in [0.2, 0.25) is 0 Å². The molecule has 0 saturated heterocycles. The molecule has 3 aromatic carbocycles. The van der Waals surface area contributed by atoms with E-state index < -0.39 is 17.6 Å². The number of carbonyl (C=O) groups excluding carboxylic acids is 2. The summed E-state index contributed by atoms with van der Waals surface area (Å²) in [4.78, 5) is 23.9. The van der Waals surface area contributed by atoms with Crippen molar-refractivity contribution in [1.82, 2.24) is 10.7 Å². The third-order valence-corrected chi connectivity index (χ3v) is 5.50. The number of nitrogens with one attached hydrogen (secondary N) is 2. The molecule has 0 fully saturated rings. The topological polar surface area (TPSA) is 89.0 Å². The third-order valence-electron chi connectivity index (χ3n) is 4.56. The van der Waals surface area contributed by atoms with Crippen molar-refractivity contribution < 1.29 is 23.5 Å².